The summed E-state index contributed by atoms with van der Waals surface area (Å²) in [4.78, 5) is 17.5. The molecular weight excluding hydrogens is 456 g/mol. The van der Waals surface area contributed by atoms with Crippen LogP contribution in [-0.2, 0) is 23.6 Å². The number of nitrogens with one attached hydrogen (secondary N) is 2. The minimum atomic E-state index is -3.98. The molecule has 1 aromatic heterocycles. The Morgan fingerprint density at radius 3 is 2.56 bits per heavy atom. The largest absolute Gasteiger partial charge is 0.486 e. The molecule has 34 heavy (non-hydrogen) atoms. The molecular formula is C24H22N4O5S. The molecule has 3 aromatic carbocycles. The minimum Gasteiger partial charge on any atom is -0.486 e. The van der Waals surface area contributed by atoms with E-state index in [9.17, 15) is 13.2 Å². The van der Waals surface area contributed by atoms with E-state index in [2.05, 4.69) is 15.0 Å². The van der Waals surface area contributed by atoms with Crippen LogP contribution in [0.15, 0.2) is 71.6 Å². The monoisotopic (exact) mass is 478 g/mol. The Morgan fingerprint density at radius 1 is 1.00 bits per heavy atom. The smallest absolute Gasteiger partial charge is 0.262 e. The van der Waals surface area contributed by atoms with E-state index < -0.39 is 15.9 Å². The van der Waals surface area contributed by atoms with Gasteiger partial charge in [0.15, 0.2) is 11.5 Å². The average Bonchev–Trinajstić information content (AvgIpc) is 3.18. The lowest BCUT2D eigenvalue weighted by atomic mass is 10.1. The highest BCUT2D eigenvalue weighted by atomic mass is 32.2. The van der Waals surface area contributed by atoms with Gasteiger partial charge in [0, 0.05) is 13.1 Å². The molecule has 0 fully saturated rings. The van der Waals surface area contributed by atoms with Crippen molar-refractivity contribution in [2.45, 2.75) is 11.4 Å². The number of aryl methyl sites for hydroxylation is 1. The van der Waals surface area contributed by atoms with Gasteiger partial charge in [-0.3, -0.25) is 9.52 Å². The summed E-state index contributed by atoms with van der Waals surface area (Å²) in [6.45, 7) is 0.944. The van der Waals surface area contributed by atoms with Crippen LogP contribution < -0.4 is 19.5 Å². The van der Waals surface area contributed by atoms with Gasteiger partial charge >= 0.3 is 0 Å². The van der Waals surface area contributed by atoms with Gasteiger partial charge in [-0.2, -0.15) is 0 Å². The summed E-state index contributed by atoms with van der Waals surface area (Å²) in [5.74, 6) is 1.12. The first-order valence-electron chi connectivity index (χ1n) is 10.6. The fourth-order valence-corrected chi connectivity index (χ4v) is 4.87. The van der Waals surface area contributed by atoms with Crippen molar-refractivity contribution in [1.29, 1.82) is 0 Å². The van der Waals surface area contributed by atoms with Crippen molar-refractivity contribution >= 4 is 32.7 Å². The third-order valence-corrected chi connectivity index (χ3v) is 6.89. The zero-order valence-corrected chi connectivity index (χ0v) is 19.1. The van der Waals surface area contributed by atoms with Crippen molar-refractivity contribution in [1.82, 2.24) is 14.9 Å². The molecule has 174 valence electrons. The number of para-hydroxylation sites is 3. The van der Waals surface area contributed by atoms with Crippen LogP contribution in [-0.4, -0.2) is 37.1 Å². The molecule has 0 saturated heterocycles. The zero-order chi connectivity index (χ0) is 23.7. The molecule has 0 spiro atoms. The number of fused-ring (bicyclic) bond motifs is 2. The summed E-state index contributed by atoms with van der Waals surface area (Å²) in [6.07, 6.45) is 0. The molecule has 0 atom stereocenters. The molecule has 0 aliphatic carbocycles. The SMILES string of the molecule is Cn1c(CNC(=O)c2ccccc2NS(=O)(=O)c2ccc3c(c2)OCCO3)nc2ccccc21. The third kappa shape index (κ3) is 4.15. The number of carbonyl (C=O) groups is 1. The van der Waals surface area contributed by atoms with Gasteiger partial charge in [-0.1, -0.05) is 24.3 Å². The molecule has 4 aromatic rings. The third-order valence-electron chi connectivity index (χ3n) is 5.53. The number of rotatable bonds is 6. The molecule has 1 aliphatic rings. The van der Waals surface area contributed by atoms with Crippen molar-refractivity contribution in [3.8, 4) is 11.5 Å². The highest BCUT2D eigenvalue weighted by Crippen LogP contribution is 2.33. The number of amides is 1. The fraction of sp³-hybridized carbons (Fsp3) is 0.167. The maximum absolute atomic E-state index is 13.0. The first kappa shape index (κ1) is 21.8. The number of aromatic nitrogens is 2. The second-order valence-corrected chi connectivity index (χ2v) is 9.40. The molecule has 2 N–H and O–H groups in total. The van der Waals surface area contributed by atoms with Crippen molar-refractivity contribution in [3.05, 3.63) is 78.1 Å². The number of hydrogen-bond acceptors (Lipinski definition) is 6. The second kappa shape index (κ2) is 8.71. The molecule has 0 unspecified atom stereocenters. The summed E-state index contributed by atoms with van der Waals surface area (Å²) in [5.41, 5.74) is 2.16. The normalized spacial score (nSPS) is 13.0. The molecule has 5 rings (SSSR count). The van der Waals surface area contributed by atoms with Crippen LogP contribution >= 0.6 is 0 Å². The lowest BCUT2D eigenvalue weighted by Crippen LogP contribution is -2.26. The molecule has 1 amide bonds. The lowest BCUT2D eigenvalue weighted by molar-refractivity contribution is 0.0950. The van der Waals surface area contributed by atoms with E-state index in [4.69, 9.17) is 9.47 Å². The van der Waals surface area contributed by atoms with E-state index in [-0.39, 0.29) is 22.7 Å². The Balaban J connectivity index is 1.35. The average molecular weight is 479 g/mol. The maximum Gasteiger partial charge on any atom is 0.262 e. The van der Waals surface area contributed by atoms with Crippen LogP contribution in [0, 0.1) is 0 Å². The van der Waals surface area contributed by atoms with Gasteiger partial charge < -0.3 is 19.4 Å². The first-order valence-corrected chi connectivity index (χ1v) is 12.1. The number of imidazole rings is 1. The molecule has 2 heterocycles. The Morgan fingerprint density at radius 2 is 1.74 bits per heavy atom. The number of anilines is 1. The van der Waals surface area contributed by atoms with Crippen LogP contribution in [0.4, 0.5) is 5.69 Å². The van der Waals surface area contributed by atoms with E-state index in [1.807, 2.05) is 35.9 Å². The molecule has 0 saturated carbocycles. The van der Waals surface area contributed by atoms with Crippen LogP contribution in [0.5, 0.6) is 11.5 Å². The summed E-state index contributed by atoms with van der Waals surface area (Å²) >= 11 is 0. The van der Waals surface area contributed by atoms with Crippen LogP contribution in [0.1, 0.15) is 16.2 Å². The number of sulfonamides is 1. The molecule has 10 heteroatoms. The predicted molar refractivity (Wildman–Crippen MR) is 127 cm³/mol. The van der Waals surface area contributed by atoms with Crippen molar-refractivity contribution in [2.75, 3.05) is 17.9 Å². The number of hydrogen-bond donors (Lipinski definition) is 2. The van der Waals surface area contributed by atoms with E-state index in [0.29, 0.717) is 30.5 Å². The molecule has 0 bridgehead atoms. The van der Waals surface area contributed by atoms with Crippen LogP contribution in [0.2, 0.25) is 0 Å². The summed E-state index contributed by atoms with van der Waals surface area (Å²) in [5, 5.41) is 2.83. The van der Waals surface area contributed by atoms with E-state index in [1.165, 1.54) is 12.1 Å². The van der Waals surface area contributed by atoms with Gasteiger partial charge in [-0.25, -0.2) is 13.4 Å². The summed E-state index contributed by atoms with van der Waals surface area (Å²) in [6, 6.07) is 18.5. The van der Waals surface area contributed by atoms with E-state index in [0.717, 1.165) is 11.0 Å². The Labute approximate surface area is 196 Å². The second-order valence-electron chi connectivity index (χ2n) is 7.71. The zero-order valence-electron chi connectivity index (χ0n) is 18.3. The fourth-order valence-electron chi connectivity index (χ4n) is 3.77. The van der Waals surface area contributed by atoms with Crippen molar-refractivity contribution < 1.29 is 22.7 Å². The predicted octanol–water partition coefficient (Wildman–Crippen LogP) is 3.08. The van der Waals surface area contributed by atoms with Gasteiger partial charge in [0.2, 0.25) is 0 Å². The van der Waals surface area contributed by atoms with Crippen LogP contribution in [0.25, 0.3) is 11.0 Å². The minimum absolute atomic E-state index is 0.00617. The van der Waals surface area contributed by atoms with Gasteiger partial charge in [-0.15, -0.1) is 0 Å². The Kier molecular flexibility index (Phi) is 5.58. The number of ether oxygens (including phenoxy) is 2. The quantitative estimate of drug-likeness (QED) is 0.441. The van der Waals surface area contributed by atoms with Crippen molar-refractivity contribution in [2.24, 2.45) is 7.05 Å². The highest BCUT2D eigenvalue weighted by Gasteiger charge is 2.22. The number of nitrogens with zero attached hydrogens (tertiary/aromatic N) is 2. The van der Waals surface area contributed by atoms with Gasteiger partial charge in [0.25, 0.3) is 15.9 Å². The summed E-state index contributed by atoms with van der Waals surface area (Å²) < 4.78 is 41.4. The van der Waals surface area contributed by atoms with Crippen LogP contribution in [0.3, 0.4) is 0 Å². The Hall–Kier alpha value is -4.05. The standard InChI is InChI=1S/C24H22N4O5S/c1-28-20-9-5-4-8-19(20)26-23(28)15-25-24(29)17-6-2-3-7-18(17)27-34(30,31)16-10-11-21-22(14-16)33-13-12-32-21/h2-11,14,27H,12-13,15H2,1H3,(H,25,29). The first-order chi connectivity index (χ1) is 16.4. The van der Waals surface area contributed by atoms with Gasteiger partial charge in [-0.05, 0) is 36.4 Å². The number of benzene rings is 3. The molecule has 9 nitrogen and oxygen atoms in total. The summed E-state index contributed by atoms with van der Waals surface area (Å²) in [7, 11) is -2.09. The van der Waals surface area contributed by atoms with E-state index >= 15 is 0 Å². The number of carbonyl (C=O) groups excluding carboxylic acids is 1. The maximum atomic E-state index is 13.0. The lowest BCUT2D eigenvalue weighted by Gasteiger charge is -2.19. The van der Waals surface area contributed by atoms with Gasteiger partial charge in [0.1, 0.15) is 19.0 Å². The topological polar surface area (TPSA) is 112 Å². The molecule has 0 radical (unpaired) electrons. The Bertz CT molecular complexity index is 1500. The van der Waals surface area contributed by atoms with Gasteiger partial charge in [0.05, 0.1) is 33.7 Å². The molecule has 1 aliphatic heterocycles. The van der Waals surface area contributed by atoms with E-state index in [1.54, 1.807) is 30.3 Å². The van der Waals surface area contributed by atoms with Crippen molar-refractivity contribution in [3.63, 3.8) is 0 Å². The highest BCUT2D eigenvalue weighted by molar-refractivity contribution is 7.92.